The monoisotopic (exact) mass is 381 g/mol. The smallest absolute Gasteiger partial charge is 0.408 e. The lowest BCUT2D eigenvalue weighted by atomic mass is 9.97. The molecule has 2 aromatic carbocycles. The number of alkyl carbamates (subject to hydrolysis) is 1. The third kappa shape index (κ3) is 6.84. The lowest BCUT2D eigenvalue weighted by Gasteiger charge is -2.23. The fraction of sp³-hybridized carbons (Fsp3) is 0.417. The second kappa shape index (κ2) is 9.54. The molecule has 1 atom stereocenters. The van der Waals surface area contributed by atoms with Crippen LogP contribution in [-0.2, 0) is 16.0 Å². The summed E-state index contributed by atoms with van der Waals surface area (Å²) in [6, 6.07) is 15.9. The molecule has 0 unspecified atom stereocenters. The molecule has 0 radical (unpaired) electrons. The molecule has 4 nitrogen and oxygen atoms in total. The number of carbonyl (C=O) groups is 2. The van der Waals surface area contributed by atoms with Gasteiger partial charge in [-0.3, -0.25) is 4.79 Å². The molecule has 1 N–H and O–H groups in total. The molecular weight excluding hydrogens is 350 g/mol. The molecule has 2 rings (SSSR count). The van der Waals surface area contributed by atoms with Gasteiger partial charge in [-0.1, -0.05) is 61.0 Å². The fourth-order valence-electron chi connectivity index (χ4n) is 2.93. The summed E-state index contributed by atoms with van der Waals surface area (Å²) in [7, 11) is 0. The Hall–Kier alpha value is -2.62. The average Bonchev–Trinajstić information content (AvgIpc) is 2.61. The van der Waals surface area contributed by atoms with Crippen molar-refractivity contribution in [3.05, 3.63) is 59.7 Å². The highest BCUT2D eigenvalue weighted by Gasteiger charge is 2.24. The maximum atomic E-state index is 12.5. The molecule has 0 saturated carbocycles. The van der Waals surface area contributed by atoms with Gasteiger partial charge in [0.25, 0.3) is 0 Å². The van der Waals surface area contributed by atoms with Gasteiger partial charge in [-0.25, -0.2) is 4.79 Å². The molecule has 0 fully saturated rings. The minimum Gasteiger partial charge on any atom is -0.444 e. The topological polar surface area (TPSA) is 55.4 Å². The number of Topliss-reactive ketones (excluding diaryl/α,β-unsaturated/α-hetero) is 1. The molecule has 0 spiro atoms. The number of hydrogen-bond acceptors (Lipinski definition) is 3. The number of benzene rings is 2. The van der Waals surface area contributed by atoms with Crippen LogP contribution in [0.2, 0.25) is 0 Å². The molecule has 0 bridgehead atoms. The van der Waals surface area contributed by atoms with Gasteiger partial charge in [0, 0.05) is 6.42 Å². The van der Waals surface area contributed by atoms with Crippen molar-refractivity contribution in [2.45, 2.75) is 65.5 Å². The molecule has 0 aromatic heterocycles. The number of rotatable bonds is 7. The van der Waals surface area contributed by atoms with E-state index in [0.29, 0.717) is 12.8 Å². The fourth-order valence-corrected chi connectivity index (χ4v) is 2.93. The summed E-state index contributed by atoms with van der Waals surface area (Å²) < 4.78 is 5.32. The highest BCUT2D eigenvalue weighted by molar-refractivity contribution is 5.87. The summed E-state index contributed by atoms with van der Waals surface area (Å²) in [5.74, 6) is 0.0240. The number of nitrogens with one attached hydrogen (secondary N) is 1. The molecule has 0 aliphatic heterocycles. The second-order valence-electron chi connectivity index (χ2n) is 8.18. The van der Waals surface area contributed by atoms with Crippen molar-refractivity contribution in [1.82, 2.24) is 5.32 Å². The number of ether oxygens (including phenoxy) is 1. The zero-order valence-corrected chi connectivity index (χ0v) is 17.5. The van der Waals surface area contributed by atoms with E-state index in [1.807, 2.05) is 19.1 Å². The Morgan fingerprint density at radius 3 is 2.00 bits per heavy atom. The number of ketones is 1. The maximum Gasteiger partial charge on any atom is 0.408 e. The Kier molecular flexibility index (Phi) is 7.38. The van der Waals surface area contributed by atoms with Crippen LogP contribution in [0.5, 0.6) is 0 Å². The molecule has 0 heterocycles. The van der Waals surface area contributed by atoms with E-state index >= 15 is 0 Å². The van der Waals surface area contributed by atoms with Crippen LogP contribution in [0.4, 0.5) is 4.79 Å². The van der Waals surface area contributed by atoms with Crippen LogP contribution in [0.15, 0.2) is 48.5 Å². The molecule has 150 valence electrons. The first-order chi connectivity index (χ1) is 13.2. The van der Waals surface area contributed by atoms with Crippen LogP contribution in [-0.4, -0.2) is 23.5 Å². The predicted octanol–water partition coefficient (Wildman–Crippen LogP) is 5.47. The third-order valence-corrected chi connectivity index (χ3v) is 4.35. The van der Waals surface area contributed by atoms with Gasteiger partial charge in [0.05, 0.1) is 6.04 Å². The molecule has 28 heavy (non-hydrogen) atoms. The lowest BCUT2D eigenvalue weighted by molar-refractivity contribution is -0.121. The normalized spacial score (nSPS) is 12.3. The van der Waals surface area contributed by atoms with E-state index in [1.165, 1.54) is 5.56 Å². The predicted molar refractivity (Wildman–Crippen MR) is 113 cm³/mol. The van der Waals surface area contributed by atoms with Crippen molar-refractivity contribution < 1.29 is 14.3 Å². The molecule has 0 aliphatic carbocycles. The van der Waals surface area contributed by atoms with E-state index in [0.717, 1.165) is 23.1 Å². The van der Waals surface area contributed by atoms with Crippen molar-refractivity contribution in [3.63, 3.8) is 0 Å². The number of hydrogen-bond donors (Lipinski definition) is 1. The van der Waals surface area contributed by atoms with Crippen LogP contribution >= 0.6 is 0 Å². The van der Waals surface area contributed by atoms with Gasteiger partial charge in [-0.05, 0) is 57.2 Å². The van der Waals surface area contributed by atoms with Gasteiger partial charge >= 0.3 is 6.09 Å². The molecule has 0 aliphatic rings. The Labute approximate surface area is 168 Å². The summed E-state index contributed by atoms with van der Waals surface area (Å²) in [4.78, 5) is 24.6. The SMILES string of the molecule is CCCC(=O)[C@@H](Cc1ccc(-c2ccc(C)cc2)cc1)NC(=O)OC(C)(C)C. The van der Waals surface area contributed by atoms with Crippen LogP contribution in [0.3, 0.4) is 0 Å². The number of aryl methyl sites for hydroxylation is 1. The van der Waals surface area contributed by atoms with E-state index < -0.39 is 17.7 Å². The van der Waals surface area contributed by atoms with Crippen molar-refractivity contribution in [3.8, 4) is 11.1 Å². The van der Waals surface area contributed by atoms with Gasteiger partial charge in [0.2, 0.25) is 0 Å². The van der Waals surface area contributed by atoms with Crippen LogP contribution in [0.1, 0.15) is 51.7 Å². The van der Waals surface area contributed by atoms with Gasteiger partial charge in [0.15, 0.2) is 5.78 Å². The number of amides is 1. The van der Waals surface area contributed by atoms with Crippen molar-refractivity contribution in [1.29, 1.82) is 0 Å². The van der Waals surface area contributed by atoms with Gasteiger partial charge in [-0.15, -0.1) is 0 Å². The molecule has 0 saturated heterocycles. The third-order valence-electron chi connectivity index (χ3n) is 4.35. The van der Waals surface area contributed by atoms with E-state index in [1.54, 1.807) is 20.8 Å². The Balaban J connectivity index is 2.11. The molecule has 1 amide bonds. The first kappa shape index (κ1) is 21.7. The maximum absolute atomic E-state index is 12.5. The Morgan fingerprint density at radius 1 is 0.964 bits per heavy atom. The minimum absolute atomic E-state index is 0.0240. The lowest BCUT2D eigenvalue weighted by Crippen LogP contribution is -2.44. The van der Waals surface area contributed by atoms with Crippen molar-refractivity contribution in [2.75, 3.05) is 0 Å². The van der Waals surface area contributed by atoms with Gasteiger partial charge in [0.1, 0.15) is 5.60 Å². The summed E-state index contributed by atoms with van der Waals surface area (Å²) in [5.41, 5.74) is 3.91. The number of carbonyl (C=O) groups excluding carboxylic acids is 2. The summed E-state index contributed by atoms with van der Waals surface area (Å²) in [5, 5.41) is 2.75. The molecule has 2 aromatic rings. The minimum atomic E-state index is -0.599. The van der Waals surface area contributed by atoms with E-state index in [9.17, 15) is 9.59 Å². The van der Waals surface area contributed by atoms with Crippen molar-refractivity contribution >= 4 is 11.9 Å². The van der Waals surface area contributed by atoms with Crippen LogP contribution in [0, 0.1) is 6.92 Å². The van der Waals surface area contributed by atoms with E-state index in [-0.39, 0.29) is 5.78 Å². The van der Waals surface area contributed by atoms with Crippen LogP contribution in [0.25, 0.3) is 11.1 Å². The summed E-state index contributed by atoms with van der Waals surface area (Å²) in [6.45, 7) is 9.44. The van der Waals surface area contributed by atoms with Gasteiger partial charge < -0.3 is 10.1 Å². The highest BCUT2D eigenvalue weighted by Crippen LogP contribution is 2.21. The van der Waals surface area contributed by atoms with Crippen molar-refractivity contribution in [2.24, 2.45) is 0 Å². The zero-order chi connectivity index (χ0) is 20.7. The highest BCUT2D eigenvalue weighted by atomic mass is 16.6. The van der Waals surface area contributed by atoms with E-state index in [2.05, 4.69) is 48.6 Å². The standard InChI is InChI=1S/C24H31NO3/c1-6-7-22(26)21(25-23(27)28-24(3,4)5)16-18-10-14-20(15-11-18)19-12-8-17(2)9-13-19/h8-15,21H,6-7,16H2,1-5H3,(H,25,27)/t21-/m1/s1. The molecule has 4 heteroatoms. The first-order valence-corrected chi connectivity index (χ1v) is 9.86. The van der Waals surface area contributed by atoms with Gasteiger partial charge in [-0.2, -0.15) is 0 Å². The Morgan fingerprint density at radius 2 is 1.50 bits per heavy atom. The Bertz CT molecular complexity index is 786. The largest absolute Gasteiger partial charge is 0.444 e. The second-order valence-corrected chi connectivity index (χ2v) is 8.18. The molecular formula is C24H31NO3. The van der Waals surface area contributed by atoms with E-state index in [4.69, 9.17) is 4.74 Å². The summed E-state index contributed by atoms with van der Waals surface area (Å²) >= 11 is 0. The zero-order valence-electron chi connectivity index (χ0n) is 17.5. The quantitative estimate of drug-likeness (QED) is 0.692. The van der Waals surface area contributed by atoms with Crippen LogP contribution < -0.4 is 5.32 Å². The first-order valence-electron chi connectivity index (χ1n) is 9.86. The summed E-state index contributed by atoms with van der Waals surface area (Å²) in [6.07, 6.45) is 1.07. The average molecular weight is 382 g/mol.